The molecule has 0 saturated heterocycles. The predicted octanol–water partition coefficient (Wildman–Crippen LogP) is 1.97. The van der Waals surface area contributed by atoms with E-state index in [0.29, 0.717) is 18.7 Å². The number of aromatic nitrogens is 4. The fourth-order valence-corrected chi connectivity index (χ4v) is 3.67. The summed E-state index contributed by atoms with van der Waals surface area (Å²) in [6, 6.07) is -0.0581. The van der Waals surface area contributed by atoms with E-state index in [4.69, 9.17) is 0 Å². The topological polar surface area (TPSA) is 72.7 Å². The summed E-state index contributed by atoms with van der Waals surface area (Å²) in [5, 5.41) is 2.84. The molecule has 1 N–H and O–H groups in total. The SMILES string of the molecule is O=C(NC1CC2(C1)CC(F)(F)C2)c1cncc(-n2ccnc2)n1. The van der Waals surface area contributed by atoms with Gasteiger partial charge >= 0.3 is 0 Å². The Morgan fingerprint density at radius 1 is 1.26 bits per heavy atom. The Labute approximate surface area is 131 Å². The van der Waals surface area contributed by atoms with E-state index < -0.39 is 5.92 Å². The van der Waals surface area contributed by atoms with E-state index in [0.717, 1.165) is 0 Å². The Hall–Kier alpha value is -2.38. The Morgan fingerprint density at radius 2 is 2.04 bits per heavy atom. The Kier molecular flexibility index (Phi) is 2.97. The zero-order valence-corrected chi connectivity index (χ0v) is 12.2. The van der Waals surface area contributed by atoms with Crippen molar-refractivity contribution in [1.82, 2.24) is 24.8 Å². The summed E-state index contributed by atoms with van der Waals surface area (Å²) in [4.78, 5) is 24.4. The second-order valence-electron chi connectivity index (χ2n) is 6.52. The van der Waals surface area contributed by atoms with Gasteiger partial charge in [-0.2, -0.15) is 0 Å². The molecule has 1 amide bonds. The van der Waals surface area contributed by atoms with Crippen LogP contribution < -0.4 is 5.32 Å². The fourth-order valence-electron chi connectivity index (χ4n) is 3.67. The zero-order valence-electron chi connectivity index (χ0n) is 12.2. The molecule has 2 aliphatic carbocycles. The molecule has 2 aromatic heterocycles. The second kappa shape index (κ2) is 4.81. The van der Waals surface area contributed by atoms with Crippen molar-refractivity contribution in [1.29, 1.82) is 0 Å². The van der Waals surface area contributed by atoms with Gasteiger partial charge < -0.3 is 5.32 Å². The largest absolute Gasteiger partial charge is 0.348 e. The second-order valence-corrected chi connectivity index (χ2v) is 6.52. The summed E-state index contributed by atoms with van der Waals surface area (Å²) < 4.78 is 27.6. The van der Waals surface area contributed by atoms with Gasteiger partial charge in [-0.1, -0.05) is 0 Å². The molecule has 0 bridgehead atoms. The summed E-state index contributed by atoms with van der Waals surface area (Å²) in [6.45, 7) is 0. The van der Waals surface area contributed by atoms with Crippen molar-refractivity contribution < 1.29 is 13.6 Å². The van der Waals surface area contributed by atoms with Gasteiger partial charge in [0.25, 0.3) is 5.91 Å². The molecule has 0 radical (unpaired) electrons. The number of hydrogen-bond donors (Lipinski definition) is 1. The molecule has 2 aromatic rings. The van der Waals surface area contributed by atoms with E-state index in [2.05, 4.69) is 20.3 Å². The molecule has 2 heterocycles. The van der Waals surface area contributed by atoms with Crippen LogP contribution in [-0.4, -0.2) is 37.4 Å². The Bertz CT molecular complexity index is 730. The third-order valence-electron chi connectivity index (χ3n) is 4.58. The highest BCUT2D eigenvalue weighted by atomic mass is 19.3. The molecule has 0 aromatic carbocycles. The van der Waals surface area contributed by atoms with Crippen LogP contribution in [0.1, 0.15) is 36.2 Å². The van der Waals surface area contributed by atoms with Gasteiger partial charge in [-0.05, 0) is 18.3 Å². The van der Waals surface area contributed by atoms with E-state index >= 15 is 0 Å². The van der Waals surface area contributed by atoms with E-state index in [9.17, 15) is 13.6 Å². The fraction of sp³-hybridized carbons (Fsp3) is 0.467. The van der Waals surface area contributed by atoms with Gasteiger partial charge in [0, 0.05) is 31.3 Å². The van der Waals surface area contributed by atoms with Crippen molar-refractivity contribution in [2.24, 2.45) is 5.41 Å². The minimum absolute atomic E-state index is 0.0533. The van der Waals surface area contributed by atoms with Crippen molar-refractivity contribution in [2.45, 2.75) is 37.6 Å². The number of carbonyl (C=O) groups is 1. The number of nitrogens with one attached hydrogen (secondary N) is 1. The Balaban J connectivity index is 1.38. The maximum Gasteiger partial charge on any atom is 0.271 e. The molecule has 120 valence electrons. The summed E-state index contributed by atoms with van der Waals surface area (Å²) in [6.07, 6.45) is 8.93. The Morgan fingerprint density at radius 3 is 2.70 bits per heavy atom. The molecule has 0 unspecified atom stereocenters. The van der Waals surface area contributed by atoms with Gasteiger partial charge in [-0.3, -0.25) is 14.3 Å². The van der Waals surface area contributed by atoms with E-state index in [1.165, 1.54) is 12.4 Å². The first kappa shape index (κ1) is 14.2. The first-order valence-corrected chi connectivity index (χ1v) is 7.44. The highest BCUT2D eigenvalue weighted by molar-refractivity contribution is 5.92. The van der Waals surface area contributed by atoms with Crippen LogP contribution in [0.25, 0.3) is 5.82 Å². The molecule has 8 heteroatoms. The van der Waals surface area contributed by atoms with Crippen LogP contribution in [0.2, 0.25) is 0 Å². The zero-order chi connectivity index (χ0) is 16.1. The third-order valence-corrected chi connectivity index (χ3v) is 4.58. The highest BCUT2D eigenvalue weighted by Gasteiger charge is 2.61. The smallest absolute Gasteiger partial charge is 0.271 e. The number of imidazole rings is 1. The lowest BCUT2D eigenvalue weighted by Crippen LogP contribution is -2.59. The van der Waals surface area contributed by atoms with Crippen LogP contribution in [-0.2, 0) is 0 Å². The third kappa shape index (κ3) is 2.58. The monoisotopic (exact) mass is 319 g/mol. The molecular weight excluding hydrogens is 304 g/mol. The van der Waals surface area contributed by atoms with Gasteiger partial charge in [-0.15, -0.1) is 0 Å². The number of hydrogen-bond acceptors (Lipinski definition) is 4. The van der Waals surface area contributed by atoms with Crippen LogP contribution in [0.4, 0.5) is 8.78 Å². The van der Waals surface area contributed by atoms with Gasteiger partial charge in [0.2, 0.25) is 5.92 Å². The van der Waals surface area contributed by atoms with Crippen molar-refractivity contribution in [3.05, 3.63) is 36.8 Å². The summed E-state index contributed by atoms with van der Waals surface area (Å²) in [5.74, 6) is -2.34. The molecule has 23 heavy (non-hydrogen) atoms. The van der Waals surface area contributed by atoms with Crippen molar-refractivity contribution >= 4 is 5.91 Å². The average Bonchev–Trinajstić information content (AvgIpc) is 2.97. The minimum Gasteiger partial charge on any atom is -0.348 e. The van der Waals surface area contributed by atoms with Crippen LogP contribution in [0.3, 0.4) is 0 Å². The van der Waals surface area contributed by atoms with Gasteiger partial charge in [0.15, 0.2) is 5.82 Å². The molecule has 6 nitrogen and oxygen atoms in total. The van der Waals surface area contributed by atoms with Gasteiger partial charge in [-0.25, -0.2) is 18.7 Å². The van der Waals surface area contributed by atoms with Crippen molar-refractivity contribution in [2.75, 3.05) is 0 Å². The molecule has 2 fully saturated rings. The van der Waals surface area contributed by atoms with Crippen molar-refractivity contribution in [3.8, 4) is 5.82 Å². The lowest BCUT2D eigenvalue weighted by Gasteiger charge is -2.57. The van der Waals surface area contributed by atoms with Crippen molar-refractivity contribution in [3.63, 3.8) is 0 Å². The van der Waals surface area contributed by atoms with E-state index in [1.54, 1.807) is 23.3 Å². The first-order valence-electron chi connectivity index (χ1n) is 7.44. The van der Waals surface area contributed by atoms with E-state index in [1.807, 2.05) is 0 Å². The lowest BCUT2D eigenvalue weighted by molar-refractivity contribution is -0.197. The standard InChI is InChI=1S/C15H15F2N5O/c16-15(17)7-14(8-15)3-10(4-14)20-13(23)11-5-19-6-12(21-11)22-2-1-18-9-22/h1-2,5-6,9-10H,3-4,7-8H2,(H,20,23). The van der Waals surface area contributed by atoms with Crippen LogP contribution in [0, 0.1) is 5.41 Å². The summed E-state index contributed by atoms with van der Waals surface area (Å²) in [5.41, 5.74) is -0.0534. The average molecular weight is 319 g/mol. The first-order chi connectivity index (χ1) is 10.9. The molecule has 2 aliphatic rings. The molecule has 1 spiro atoms. The minimum atomic E-state index is -2.51. The molecule has 0 atom stereocenters. The molecule has 4 rings (SSSR count). The lowest BCUT2D eigenvalue weighted by atomic mass is 9.52. The number of alkyl halides is 2. The molecule has 2 saturated carbocycles. The van der Waals surface area contributed by atoms with Crippen LogP contribution in [0.15, 0.2) is 31.1 Å². The normalized spacial score (nSPS) is 21.5. The number of amides is 1. The predicted molar refractivity (Wildman–Crippen MR) is 76.3 cm³/mol. The maximum absolute atomic E-state index is 13.0. The number of halogens is 2. The number of nitrogens with zero attached hydrogens (tertiary/aromatic N) is 4. The highest BCUT2D eigenvalue weighted by Crippen LogP contribution is 2.62. The van der Waals surface area contributed by atoms with Gasteiger partial charge in [0.1, 0.15) is 12.0 Å². The van der Waals surface area contributed by atoms with Gasteiger partial charge in [0.05, 0.1) is 12.4 Å². The quantitative estimate of drug-likeness (QED) is 0.939. The molecule has 0 aliphatic heterocycles. The molecular formula is C15H15F2N5O. The maximum atomic E-state index is 13.0. The number of carbonyl (C=O) groups excluding carboxylic acids is 1. The van der Waals surface area contributed by atoms with Crippen LogP contribution >= 0.6 is 0 Å². The van der Waals surface area contributed by atoms with E-state index in [-0.39, 0.29) is 35.9 Å². The summed E-state index contributed by atoms with van der Waals surface area (Å²) >= 11 is 0. The van der Waals surface area contributed by atoms with Crippen LogP contribution in [0.5, 0.6) is 0 Å². The number of rotatable bonds is 3. The summed E-state index contributed by atoms with van der Waals surface area (Å²) in [7, 11) is 0.